The third-order valence-corrected chi connectivity index (χ3v) is 7.66. The van der Waals surface area contributed by atoms with Gasteiger partial charge in [-0.05, 0) is 64.2 Å². The normalized spacial score (nSPS) is 13.9. The van der Waals surface area contributed by atoms with Gasteiger partial charge >= 0.3 is 11.9 Å². The van der Waals surface area contributed by atoms with E-state index >= 15 is 0 Å². The van der Waals surface area contributed by atoms with E-state index in [1.807, 2.05) is 27.2 Å². The number of ether oxygens (including phenoxy) is 4. The maximum absolute atomic E-state index is 12.6. The smallest absolute Gasteiger partial charge is 0.306 e. The van der Waals surface area contributed by atoms with Crippen LogP contribution in [0.4, 0.5) is 0 Å². The summed E-state index contributed by atoms with van der Waals surface area (Å²) in [6, 6.07) is 0. The number of carbonyl (C=O) groups excluding carboxylic acids is 3. The minimum atomic E-state index is -1.64. The minimum Gasteiger partial charge on any atom is -0.545 e. The van der Waals surface area contributed by atoms with Crippen molar-refractivity contribution >= 4 is 17.9 Å². The van der Waals surface area contributed by atoms with Crippen LogP contribution in [-0.4, -0.2) is 82.3 Å². The van der Waals surface area contributed by atoms with E-state index in [1.54, 1.807) is 0 Å². The summed E-state index contributed by atoms with van der Waals surface area (Å²) in [7, 11) is 5.86. The Morgan fingerprint density at radius 2 is 1.08 bits per heavy atom. The Bertz CT molecular complexity index is 1140. The molecule has 0 radical (unpaired) electrons. The number of carboxylic acid groups (broad SMARTS) is 1. The van der Waals surface area contributed by atoms with Gasteiger partial charge in [0.25, 0.3) is 0 Å². The van der Waals surface area contributed by atoms with Crippen LogP contribution in [0.15, 0.2) is 85.1 Å². The predicted octanol–water partition coefficient (Wildman–Crippen LogP) is 8.43. The summed E-state index contributed by atoms with van der Waals surface area (Å²) in [5, 5.41) is 11.6. The Balaban J connectivity index is 4.47. The number of quaternary nitrogens is 1. The molecular formula is C44H71NO8. The lowest BCUT2D eigenvalue weighted by Crippen LogP contribution is -2.44. The molecule has 0 aromatic rings. The van der Waals surface area contributed by atoms with Crippen molar-refractivity contribution in [3.05, 3.63) is 85.1 Å². The molecule has 0 saturated carbocycles. The number of carbonyl (C=O) groups is 3. The molecule has 0 saturated heterocycles. The van der Waals surface area contributed by atoms with Crippen molar-refractivity contribution in [1.29, 1.82) is 0 Å². The molecular weight excluding hydrogens is 670 g/mol. The number of hydrogen-bond acceptors (Lipinski definition) is 8. The summed E-state index contributed by atoms with van der Waals surface area (Å²) in [5.41, 5.74) is 0. The molecule has 0 fully saturated rings. The van der Waals surface area contributed by atoms with Crippen molar-refractivity contribution in [2.45, 2.75) is 129 Å². The van der Waals surface area contributed by atoms with Gasteiger partial charge in [-0.3, -0.25) is 9.59 Å². The van der Waals surface area contributed by atoms with E-state index in [0.29, 0.717) is 23.9 Å². The molecule has 0 rings (SSSR count). The van der Waals surface area contributed by atoms with Gasteiger partial charge in [0.05, 0.1) is 40.3 Å². The lowest BCUT2D eigenvalue weighted by molar-refractivity contribution is -0.870. The summed E-state index contributed by atoms with van der Waals surface area (Å²) < 4.78 is 22.2. The van der Waals surface area contributed by atoms with E-state index in [0.717, 1.165) is 77.0 Å². The highest BCUT2D eigenvalue weighted by Gasteiger charge is 2.21. The van der Waals surface area contributed by atoms with Crippen molar-refractivity contribution in [2.75, 3.05) is 47.5 Å². The van der Waals surface area contributed by atoms with E-state index in [4.69, 9.17) is 18.9 Å². The van der Waals surface area contributed by atoms with Gasteiger partial charge in [-0.1, -0.05) is 125 Å². The highest BCUT2D eigenvalue weighted by molar-refractivity contribution is 5.70. The van der Waals surface area contributed by atoms with Gasteiger partial charge in [0, 0.05) is 12.8 Å². The number of nitrogens with zero attached hydrogens (tertiary/aromatic N) is 1. The van der Waals surface area contributed by atoms with Crippen LogP contribution in [0, 0.1) is 0 Å². The van der Waals surface area contributed by atoms with Crippen LogP contribution in [0.2, 0.25) is 0 Å². The summed E-state index contributed by atoms with van der Waals surface area (Å²) in [6.07, 6.45) is 41.0. The molecule has 0 spiro atoms. The van der Waals surface area contributed by atoms with E-state index < -0.39 is 30.3 Å². The number of rotatable bonds is 34. The van der Waals surface area contributed by atoms with E-state index in [9.17, 15) is 19.5 Å². The molecule has 0 aromatic carbocycles. The molecule has 0 bridgehead atoms. The molecule has 0 heterocycles. The summed E-state index contributed by atoms with van der Waals surface area (Å²) in [6.45, 7) is 4.41. The van der Waals surface area contributed by atoms with E-state index in [-0.39, 0.29) is 32.7 Å². The van der Waals surface area contributed by atoms with Crippen LogP contribution in [-0.2, 0) is 33.3 Å². The molecule has 0 N–H and O–H groups in total. The van der Waals surface area contributed by atoms with Crippen LogP contribution in [0.1, 0.15) is 117 Å². The van der Waals surface area contributed by atoms with Crippen LogP contribution in [0.5, 0.6) is 0 Å². The van der Waals surface area contributed by atoms with Crippen LogP contribution < -0.4 is 5.11 Å². The number of hydrogen-bond donors (Lipinski definition) is 0. The van der Waals surface area contributed by atoms with Gasteiger partial charge in [0.15, 0.2) is 12.4 Å². The molecule has 2 unspecified atom stereocenters. The average Bonchev–Trinajstić information content (AvgIpc) is 3.11. The largest absolute Gasteiger partial charge is 0.545 e. The quantitative estimate of drug-likeness (QED) is 0.0213. The zero-order chi connectivity index (χ0) is 39.3. The number of unbranched alkanes of at least 4 members (excludes halogenated alkanes) is 5. The molecule has 0 aliphatic rings. The summed E-state index contributed by atoms with van der Waals surface area (Å²) in [5.74, 6) is -2.40. The molecule has 0 aromatic heterocycles. The molecule has 300 valence electrons. The molecule has 0 aliphatic carbocycles. The van der Waals surface area contributed by atoms with Crippen molar-refractivity contribution in [1.82, 2.24) is 0 Å². The zero-order valence-electron chi connectivity index (χ0n) is 33.6. The monoisotopic (exact) mass is 742 g/mol. The van der Waals surface area contributed by atoms with Gasteiger partial charge in [-0.25, -0.2) is 0 Å². The van der Waals surface area contributed by atoms with Crippen molar-refractivity contribution in [2.24, 2.45) is 0 Å². The van der Waals surface area contributed by atoms with E-state index in [1.165, 1.54) is 0 Å². The van der Waals surface area contributed by atoms with Crippen LogP contribution in [0.3, 0.4) is 0 Å². The first kappa shape index (κ1) is 49.5. The van der Waals surface area contributed by atoms with E-state index in [2.05, 4.69) is 92.8 Å². The second-order valence-corrected chi connectivity index (χ2v) is 13.8. The molecule has 0 aliphatic heterocycles. The number of carboxylic acids is 1. The first-order valence-electron chi connectivity index (χ1n) is 19.7. The summed E-state index contributed by atoms with van der Waals surface area (Å²) in [4.78, 5) is 36.5. The molecule has 0 amide bonds. The Morgan fingerprint density at radius 1 is 0.585 bits per heavy atom. The van der Waals surface area contributed by atoms with Crippen LogP contribution >= 0.6 is 0 Å². The highest BCUT2D eigenvalue weighted by atomic mass is 16.7. The third-order valence-electron chi connectivity index (χ3n) is 7.66. The predicted molar refractivity (Wildman–Crippen MR) is 214 cm³/mol. The summed E-state index contributed by atoms with van der Waals surface area (Å²) >= 11 is 0. The minimum absolute atomic E-state index is 0.132. The zero-order valence-corrected chi connectivity index (χ0v) is 33.6. The second-order valence-electron chi connectivity index (χ2n) is 13.8. The maximum Gasteiger partial charge on any atom is 0.306 e. The lowest BCUT2D eigenvalue weighted by atomic mass is 10.1. The Morgan fingerprint density at radius 3 is 1.57 bits per heavy atom. The maximum atomic E-state index is 12.6. The number of aliphatic carboxylic acids is 1. The first-order valence-corrected chi connectivity index (χ1v) is 19.7. The molecule has 9 nitrogen and oxygen atoms in total. The van der Waals surface area contributed by atoms with Crippen molar-refractivity contribution in [3.8, 4) is 0 Å². The standard InChI is InChI=1S/C44H71NO8/c1-6-8-10-12-13-14-15-16-17-18-19-20-21-22-23-24-25-26-27-28-29-31-33-35-42(47)53-40(38-51-41(46)34-32-30-11-9-7-2)39-52-44(43(48)49)50-37-36-45(3,4)5/h8,10,13-14,16-17,19-20,22-23,25-26,28-29,40,44H,6-7,9,11-12,15,18,21,24,27,30-39H2,1-5H3/b10-8-,14-13-,17-16-,20-19-,23-22-,26-25-,29-28-. The van der Waals surface area contributed by atoms with Gasteiger partial charge in [0.1, 0.15) is 13.2 Å². The fourth-order valence-electron chi connectivity index (χ4n) is 4.58. The second kappa shape index (κ2) is 35.5. The topological polar surface area (TPSA) is 111 Å². The molecule has 53 heavy (non-hydrogen) atoms. The van der Waals surface area contributed by atoms with Gasteiger partial charge < -0.3 is 33.3 Å². The number of allylic oxidation sites excluding steroid dienone is 14. The Labute approximate surface area is 321 Å². The Hall–Kier alpha value is -3.53. The lowest BCUT2D eigenvalue weighted by Gasteiger charge is -2.26. The number of likely N-dealkylation sites (N-methyl/N-ethyl adjacent to an activating group) is 1. The van der Waals surface area contributed by atoms with Crippen molar-refractivity contribution in [3.63, 3.8) is 0 Å². The fourth-order valence-corrected chi connectivity index (χ4v) is 4.58. The van der Waals surface area contributed by atoms with Crippen LogP contribution in [0.25, 0.3) is 0 Å². The average molecular weight is 742 g/mol. The van der Waals surface area contributed by atoms with Gasteiger partial charge in [-0.15, -0.1) is 0 Å². The fraction of sp³-hybridized carbons (Fsp3) is 0.614. The molecule has 2 atom stereocenters. The third kappa shape index (κ3) is 36.6. The first-order chi connectivity index (χ1) is 25.6. The SMILES string of the molecule is CC/C=C\C/C=C\C/C=C\C/C=C\C/C=C\C/C=C\C/C=C\CCCC(=O)OC(COC(=O)CCCCCCC)COC(OCC[N+](C)(C)C)C(=O)[O-]. The Kier molecular flexibility index (Phi) is 33.1. The highest BCUT2D eigenvalue weighted by Crippen LogP contribution is 2.09. The van der Waals surface area contributed by atoms with Gasteiger partial charge in [-0.2, -0.15) is 0 Å². The molecule has 9 heteroatoms. The van der Waals surface area contributed by atoms with Crippen molar-refractivity contribution < 1.29 is 42.9 Å². The number of esters is 2. The van der Waals surface area contributed by atoms with Gasteiger partial charge in [0.2, 0.25) is 0 Å².